The summed E-state index contributed by atoms with van der Waals surface area (Å²) in [7, 11) is 0. The molecule has 1 N–H and O–H groups in total. The van der Waals surface area contributed by atoms with E-state index >= 15 is 0 Å². The molecule has 0 saturated carbocycles. The zero-order valence-corrected chi connectivity index (χ0v) is 18.8. The Morgan fingerprint density at radius 2 is 1.77 bits per heavy atom. The molecule has 0 spiro atoms. The zero-order chi connectivity index (χ0) is 22.9. The number of amides is 2. The van der Waals surface area contributed by atoms with Gasteiger partial charge in [-0.1, -0.05) is 24.1 Å². The fourth-order valence-corrected chi connectivity index (χ4v) is 3.69. The quantitative estimate of drug-likeness (QED) is 0.577. The number of carbonyl (C=O) groups is 2. The molecule has 0 saturated heterocycles. The maximum Gasteiger partial charge on any atom is 0.272 e. The van der Waals surface area contributed by atoms with Gasteiger partial charge in [0, 0.05) is 22.6 Å². The maximum atomic E-state index is 13.3. The molecule has 3 rings (SSSR count). The van der Waals surface area contributed by atoms with E-state index in [4.69, 9.17) is 9.78 Å². The average molecular weight is 429 g/mol. The second-order valence-corrected chi connectivity index (χ2v) is 9.00. The summed E-state index contributed by atoms with van der Waals surface area (Å²) in [5.74, 6) is -0.595. The van der Waals surface area contributed by atoms with Crippen molar-refractivity contribution in [2.45, 2.75) is 53.2 Å². The van der Waals surface area contributed by atoms with Gasteiger partial charge in [-0.05, 0) is 65.0 Å². The van der Waals surface area contributed by atoms with Gasteiger partial charge in [0.15, 0.2) is 11.9 Å². The van der Waals surface area contributed by atoms with Crippen LogP contribution in [0.5, 0.6) is 0 Å². The second-order valence-electron chi connectivity index (χ2n) is 9.00. The Morgan fingerprint density at radius 3 is 2.35 bits per heavy atom. The SMILES string of the molecule is Cc1cc(C)cc(C(=O)N(NC(=O)C2=CC=C3OOC(CF)C=C3C2C)C(C)(C)C)c1. The van der Waals surface area contributed by atoms with Crippen molar-refractivity contribution >= 4 is 11.8 Å². The van der Waals surface area contributed by atoms with Gasteiger partial charge in [0.25, 0.3) is 11.8 Å². The van der Waals surface area contributed by atoms with Crippen LogP contribution in [0.15, 0.2) is 53.3 Å². The standard InChI is InChI=1S/C24H29FN2O4/c1-14-9-15(2)11-17(10-14)23(29)27(24(4,5)6)26-22(28)19-7-8-21-20(16(19)3)12-18(13-25)30-31-21/h7-12,16,18H,13H2,1-6H3,(H,26,28). The third-order valence-corrected chi connectivity index (χ3v) is 5.23. The van der Waals surface area contributed by atoms with E-state index in [2.05, 4.69) is 5.43 Å². The van der Waals surface area contributed by atoms with Gasteiger partial charge in [-0.3, -0.25) is 15.0 Å². The summed E-state index contributed by atoms with van der Waals surface area (Å²) in [5, 5.41) is 1.36. The van der Waals surface area contributed by atoms with E-state index < -0.39 is 24.2 Å². The lowest BCUT2D eigenvalue weighted by Crippen LogP contribution is -2.56. The number of fused-ring (bicyclic) bond motifs is 1. The summed E-state index contributed by atoms with van der Waals surface area (Å²) < 4.78 is 13.0. The molecule has 2 amide bonds. The molecule has 1 aromatic rings. The number of benzene rings is 1. The van der Waals surface area contributed by atoms with Crippen molar-refractivity contribution in [1.82, 2.24) is 10.4 Å². The minimum absolute atomic E-state index is 0.293. The van der Waals surface area contributed by atoms with Crippen LogP contribution in [0.1, 0.15) is 49.2 Å². The summed E-state index contributed by atoms with van der Waals surface area (Å²) in [5.41, 5.74) is 5.70. The lowest BCUT2D eigenvalue weighted by Gasteiger charge is -2.37. The van der Waals surface area contributed by atoms with Crippen molar-refractivity contribution in [3.05, 3.63) is 70.0 Å². The van der Waals surface area contributed by atoms with Crippen LogP contribution in [-0.2, 0) is 14.6 Å². The van der Waals surface area contributed by atoms with Gasteiger partial charge >= 0.3 is 0 Å². The van der Waals surface area contributed by atoms with Crippen LogP contribution < -0.4 is 5.43 Å². The summed E-state index contributed by atoms with van der Waals surface area (Å²) in [4.78, 5) is 36.6. The van der Waals surface area contributed by atoms with Crippen molar-refractivity contribution in [3.8, 4) is 0 Å². The number of alkyl halides is 1. The fraction of sp³-hybridized carbons (Fsp3) is 0.417. The largest absolute Gasteiger partial charge is 0.337 e. The topological polar surface area (TPSA) is 67.9 Å². The molecule has 1 heterocycles. The van der Waals surface area contributed by atoms with Crippen LogP contribution in [0.25, 0.3) is 0 Å². The number of hydrazine groups is 1. The molecule has 0 bridgehead atoms. The molecule has 1 aliphatic carbocycles. The molecule has 1 aromatic carbocycles. The molecule has 1 aliphatic heterocycles. The van der Waals surface area contributed by atoms with Crippen LogP contribution in [0, 0.1) is 19.8 Å². The van der Waals surface area contributed by atoms with Crippen LogP contribution in [0.2, 0.25) is 0 Å². The summed E-state index contributed by atoms with van der Waals surface area (Å²) in [6.07, 6.45) is 4.06. The van der Waals surface area contributed by atoms with E-state index in [9.17, 15) is 14.0 Å². The molecule has 0 aromatic heterocycles. The summed E-state index contributed by atoms with van der Waals surface area (Å²) in [6.45, 7) is 10.5. The number of nitrogens with one attached hydrogen (secondary N) is 1. The van der Waals surface area contributed by atoms with Gasteiger partial charge in [-0.15, -0.1) is 0 Å². The number of hydrogen-bond acceptors (Lipinski definition) is 4. The maximum absolute atomic E-state index is 13.3. The summed E-state index contributed by atoms with van der Waals surface area (Å²) in [6, 6.07) is 5.60. The van der Waals surface area contributed by atoms with Crippen molar-refractivity contribution in [2.75, 3.05) is 6.67 Å². The van der Waals surface area contributed by atoms with E-state index in [0.717, 1.165) is 11.1 Å². The molecule has 2 unspecified atom stereocenters. The van der Waals surface area contributed by atoms with E-state index in [1.165, 1.54) is 5.01 Å². The van der Waals surface area contributed by atoms with Crippen LogP contribution in [0.4, 0.5) is 4.39 Å². The molecule has 2 aliphatic rings. The van der Waals surface area contributed by atoms with Crippen molar-refractivity contribution in [3.63, 3.8) is 0 Å². The highest BCUT2D eigenvalue weighted by atomic mass is 19.1. The Labute approximate surface area is 182 Å². The Bertz CT molecular complexity index is 968. The molecular formula is C24H29FN2O4. The highest BCUT2D eigenvalue weighted by Crippen LogP contribution is 2.35. The average Bonchev–Trinajstić information content (AvgIpc) is 2.70. The molecule has 0 radical (unpaired) electrons. The fourth-order valence-electron chi connectivity index (χ4n) is 3.69. The van der Waals surface area contributed by atoms with Gasteiger partial charge in [0.05, 0.1) is 5.54 Å². The van der Waals surface area contributed by atoms with Crippen LogP contribution >= 0.6 is 0 Å². The third-order valence-electron chi connectivity index (χ3n) is 5.23. The van der Waals surface area contributed by atoms with Crippen LogP contribution in [-0.4, -0.2) is 35.1 Å². The number of allylic oxidation sites excluding steroid dienone is 3. The Balaban J connectivity index is 1.87. The van der Waals surface area contributed by atoms with Gasteiger partial charge in [-0.2, -0.15) is 4.89 Å². The summed E-state index contributed by atoms with van der Waals surface area (Å²) >= 11 is 0. The first kappa shape index (κ1) is 22.7. The second kappa shape index (κ2) is 8.67. The van der Waals surface area contributed by atoms with Gasteiger partial charge < -0.3 is 4.89 Å². The number of nitrogens with zero attached hydrogens (tertiary/aromatic N) is 1. The van der Waals surface area contributed by atoms with E-state index in [-0.39, 0.29) is 11.8 Å². The normalized spacial score (nSPS) is 20.5. The molecule has 6 nitrogen and oxygen atoms in total. The number of halogens is 1. The van der Waals surface area contributed by atoms with E-state index in [1.54, 1.807) is 30.4 Å². The minimum Gasteiger partial charge on any atom is -0.337 e. The van der Waals surface area contributed by atoms with Crippen molar-refractivity contribution < 1.29 is 23.8 Å². The number of carbonyl (C=O) groups excluding carboxylic acids is 2. The first-order chi connectivity index (χ1) is 14.5. The first-order valence-electron chi connectivity index (χ1n) is 10.3. The smallest absolute Gasteiger partial charge is 0.272 e. The number of aryl methyl sites for hydroxylation is 2. The third kappa shape index (κ3) is 4.88. The number of rotatable bonds is 3. The Hall–Kier alpha value is -2.93. The van der Waals surface area contributed by atoms with Gasteiger partial charge in [0.2, 0.25) is 0 Å². The predicted molar refractivity (Wildman–Crippen MR) is 115 cm³/mol. The highest BCUT2D eigenvalue weighted by molar-refractivity contribution is 6.00. The lowest BCUT2D eigenvalue weighted by molar-refractivity contribution is -0.289. The molecule has 0 fully saturated rings. The molecule has 31 heavy (non-hydrogen) atoms. The molecule has 7 heteroatoms. The minimum atomic E-state index is -0.811. The van der Waals surface area contributed by atoms with E-state index in [1.807, 2.05) is 47.6 Å². The highest BCUT2D eigenvalue weighted by Gasteiger charge is 2.35. The van der Waals surface area contributed by atoms with Crippen molar-refractivity contribution in [1.29, 1.82) is 0 Å². The van der Waals surface area contributed by atoms with E-state index in [0.29, 0.717) is 22.5 Å². The number of hydrogen-bond donors (Lipinski definition) is 1. The zero-order valence-electron chi connectivity index (χ0n) is 18.8. The van der Waals surface area contributed by atoms with Crippen molar-refractivity contribution in [2.24, 2.45) is 5.92 Å². The monoisotopic (exact) mass is 428 g/mol. The Morgan fingerprint density at radius 1 is 1.13 bits per heavy atom. The van der Waals surface area contributed by atoms with Gasteiger partial charge in [-0.25, -0.2) is 9.40 Å². The Kier molecular flexibility index (Phi) is 6.36. The molecule has 166 valence electrons. The molecular weight excluding hydrogens is 399 g/mol. The first-order valence-corrected chi connectivity index (χ1v) is 10.3. The molecule has 2 atom stereocenters. The predicted octanol–water partition coefficient (Wildman–Crippen LogP) is 4.26. The lowest BCUT2D eigenvalue weighted by atomic mass is 9.85. The van der Waals surface area contributed by atoms with Gasteiger partial charge in [0.1, 0.15) is 6.67 Å². The van der Waals surface area contributed by atoms with Crippen LogP contribution in [0.3, 0.4) is 0 Å².